The summed E-state index contributed by atoms with van der Waals surface area (Å²) in [5.41, 5.74) is 6.98. The van der Waals surface area contributed by atoms with Crippen molar-refractivity contribution in [2.45, 2.75) is 51.3 Å². The molecule has 0 saturated carbocycles. The van der Waals surface area contributed by atoms with Crippen LogP contribution >= 0.6 is 0 Å². The number of ether oxygens (including phenoxy) is 2. The standard InChI is InChI=1S/C55H55N9O7/c1-4-38-32-40(33-57-44(38)5-2)50-58-45-34-63(26-23-42(45)51(56-3)60-50)53(67)39-17-13-37(14-18-39)35-71-41-19-15-36(16-20-41)10-9-25-62-29-27-61(28-30-62)24-6-7-31-70-47-12-8-11-43-49(47)55(69)64(54(43)68)46-21-22-48(65)59-52(46)66/h4-5,8,11-20,32-33,46H,1-2,6-7,21-31,34-35H2,3H3,(H,56,58,60)(H,59,65,66). The maximum Gasteiger partial charge on any atom is 0.266 e. The minimum atomic E-state index is -1.02. The van der Waals surface area contributed by atoms with Gasteiger partial charge in [-0.3, -0.25) is 44.1 Å². The number of hydrogen-bond acceptors (Lipinski definition) is 13. The van der Waals surface area contributed by atoms with Gasteiger partial charge >= 0.3 is 0 Å². The number of piperazine rings is 1. The van der Waals surface area contributed by atoms with Crippen LogP contribution in [0.15, 0.2) is 92.2 Å². The molecule has 362 valence electrons. The molecule has 2 aromatic heterocycles. The zero-order valence-electron chi connectivity index (χ0n) is 39.7. The van der Waals surface area contributed by atoms with E-state index in [1.165, 1.54) is 0 Å². The number of nitrogens with one attached hydrogen (secondary N) is 2. The van der Waals surface area contributed by atoms with E-state index >= 15 is 0 Å². The van der Waals surface area contributed by atoms with Crippen molar-refractivity contribution in [3.05, 3.63) is 142 Å². The fourth-order valence-corrected chi connectivity index (χ4v) is 9.26. The average molecular weight is 954 g/mol. The zero-order valence-corrected chi connectivity index (χ0v) is 39.7. The Balaban J connectivity index is 0.678. The molecule has 5 amide bonds. The second-order valence-electron chi connectivity index (χ2n) is 17.8. The summed E-state index contributed by atoms with van der Waals surface area (Å²) in [6.07, 6.45) is 7.63. The fraction of sp³-hybridized carbons (Fsp3) is 0.309. The van der Waals surface area contributed by atoms with E-state index < -0.39 is 29.7 Å². The summed E-state index contributed by atoms with van der Waals surface area (Å²) < 4.78 is 12.1. The Hall–Kier alpha value is -8.00. The van der Waals surface area contributed by atoms with Crippen LogP contribution in [0.1, 0.15) is 90.4 Å². The first-order valence-electron chi connectivity index (χ1n) is 24.0. The van der Waals surface area contributed by atoms with E-state index in [9.17, 15) is 24.0 Å². The predicted octanol–water partition coefficient (Wildman–Crippen LogP) is 5.87. The van der Waals surface area contributed by atoms with Crippen LogP contribution in [0.25, 0.3) is 23.5 Å². The van der Waals surface area contributed by atoms with Crippen LogP contribution in [0.3, 0.4) is 0 Å². The lowest BCUT2D eigenvalue weighted by Gasteiger charge is -2.33. The lowest BCUT2D eigenvalue weighted by Crippen LogP contribution is -2.54. The Kier molecular flexibility index (Phi) is 14.7. The summed E-state index contributed by atoms with van der Waals surface area (Å²) >= 11 is 0. The topological polar surface area (TPSA) is 180 Å². The highest BCUT2D eigenvalue weighted by molar-refractivity contribution is 6.24. The number of fused-ring (bicyclic) bond motifs is 2. The predicted molar refractivity (Wildman–Crippen MR) is 268 cm³/mol. The van der Waals surface area contributed by atoms with Crippen LogP contribution < -0.4 is 20.1 Å². The number of aromatic nitrogens is 3. The molecular formula is C55H55N9O7. The molecule has 9 rings (SSSR count). The van der Waals surface area contributed by atoms with Gasteiger partial charge in [0.25, 0.3) is 17.7 Å². The number of nitrogens with zero attached hydrogens (tertiary/aromatic N) is 7. The third-order valence-corrected chi connectivity index (χ3v) is 13.2. The van der Waals surface area contributed by atoms with E-state index in [4.69, 9.17) is 19.4 Å². The molecule has 0 radical (unpaired) electrons. The summed E-state index contributed by atoms with van der Waals surface area (Å²) in [6, 6.07) is 21.1. The summed E-state index contributed by atoms with van der Waals surface area (Å²) in [6.45, 7) is 14.7. The largest absolute Gasteiger partial charge is 0.493 e. The number of carbonyl (C=O) groups is 5. The molecule has 2 N–H and O–H groups in total. The molecule has 6 heterocycles. The van der Waals surface area contributed by atoms with Gasteiger partial charge in [0, 0.05) is 80.2 Å². The van der Waals surface area contributed by atoms with Gasteiger partial charge < -0.3 is 24.6 Å². The van der Waals surface area contributed by atoms with E-state index in [-0.39, 0.29) is 29.9 Å². The normalized spacial score (nSPS) is 16.9. The first-order valence-corrected chi connectivity index (χ1v) is 24.0. The van der Waals surface area contributed by atoms with Crippen molar-refractivity contribution in [1.82, 2.24) is 39.9 Å². The molecule has 2 fully saturated rings. The molecule has 4 aliphatic rings. The molecular weight excluding hydrogens is 899 g/mol. The number of amides is 5. The Morgan fingerprint density at radius 1 is 0.887 bits per heavy atom. The highest BCUT2D eigenvalue weighted by Gasteiger charge is 2.46. The van der Waals surface area contributed by atoms with Crippen molar-refractivity contribution in [2.24, 2.45) is 0 Å². The van der Waals surface area contributed by atoms with Gasteiger partial charge in [-0.15, -0.1) is 0 Å². The van der Waals surface area contributed by atoms with E-state index in [1.54, 1.807) is 36.5 Å². The highest BCUT2D eigenvalue weighted by atomic mass is 16.5. The number of carbonyl (C=O) groups excluding carboxylic acids is 5. The third-order valence-electron chi connectivity index (χ3n) is 13.2. The minimum absolute atomic E-state index is 0.0611. The van der Waals surface area contributed by atoms with Crippen molar-refractivity contribution in [2.75, 3.05) is 64.8 Å². The lowest BCUT2D eigenvalue weighted by molar-refractivity contribution is -0.136. The monoisotopic (exact) mass is 953 g/mol. The van der Waals surface area contributed by atoms with Crippen LogP contribution in [0, 0.1) is 11.8 Å². The number of benzene rings is 3. The number of hydrogen-bond donors (Lipinski definition) is 2. The van der Waals surface area contributed by atoms with E-state index in [1.807, 2.05) is 66.5 Å². The summed E-state index contributed by atoms with van der Waals surface area (Å²) in [7, 11) is 1.84. The van der Waals surface area contributed by atoms with E-state index in [0.29, 0.717) is 56.4 Å². The van der Waals surface area contributed by atoms with Gasteiger partial charge in [0.1, 0.15) is 30.0 Å². The maximum atomic E-state index is 13.7. The number of imide groups is 2. The smallest absolute Gasteiger partial charge is 0.266 e. The summed E-state index contributed by atoms with van der Waals surface area (Å²) in [5.74, 6) is 6.71. The van der Waals surface area contributed by atoms with Gasteiger partial charge in [-0.05, 0) is 98.5 Å². The van der Waals surface area contributed by atoms with E-state index in [2.05, 4.69) is 50.4 Å². The highest BCUT2D eigenvalue weighted by Crippen LogP contribution is 2.34. The molecule has 0 bridgehead atoms. The first kappa shape index (κ1) is 48.0. The van der Waals surface area contributed by atoms with Gasteiger partial charge in [-0.25, -0.2) is 9.97 Å². The average Bonchev–Trinajstić information content (AvgIpc) is 3.66. The first-order chi connectivity index (χ1) is 34.6. The summed E-state index contributed by atoms with van der Waals surface area (Å²) in [4.78, 5) is 86.0. The van der Waals surface area contributed by atoms with Crippen LogP contribution in [-0.2, 0) is 29.2 Å². The number of piperidine rings is 1. The molecule has 5 aromatic rings. The Morgan fingerprint density at radius 3 is 2.42 bits per heavy atom. The maximum absolute atomic E-state index is 13.7. The van der Waals surface area contributed by atoms with Crippen LogP contribution in [0.5, 0.6) is 11.5 Å². The second kappa shape index (κ2) is 21.7. The van der Waals surface area contributed by atoms with Crippen molar-refractivity contribution < 1.29 is 33.4 Å². The molecule has 1 atom stereocenters. The Bertz CT molecular complexity index is 2960. The number of rotatable bonds is 16. The quantitative estimate of drug-likeness (QED) is 0.0682. The van der Waals surface area contributed by atoms with Crippen LogP contribution in [0.2, 0.25) is 0 Å². The molecule has 1 unspecified atom stereocenters. The number of pyridine rings is 1. The van der Waals surface area contributed by atoms with Crippen molar-refractivity contribution in [3.8, 4) is 34.7 Å². The molecule has 4 aliphatic heterocycles. The molecule has 16 nitrogen and oxygen atoms in total. The fourth-order valence-electron chi connectivity index (χ4n) is 9.26. The molecule has 16 heteroatoms. The minimum Gasteiger partial charge on any atom is -0.493 e. The number of unbranched alkanes of at least 4 members (excludes halogenated alkanes) is 1. The van der Waals surface area contributed by atoms with Crippen molar-refractivity contribution in [3.63, 3.8) is 0 Å². The van der Waals surface area contributed by atoms with E-state index in [0.717, 1.165) is 101 Å². The summed E-state index contributed by atoms with van der Waals surface area (Å²) in [5, 5.41) is 5.44. The van der Waals surface area contributed by atoms with Gasteiger partial charge in [-0.1, -0.05) is 49.3 Å². The molecule has 0 spiro atoms. The van der Waals surface area contributed by atoms with Crippen LogP contribution in [-0.4, -0.2) is 130 Å². The molecule has 2 saturated heterocycles. The molecule has 3 aromatic carbocycles. The van der Waals surface area contributed by atoms with Crippen molar-refractivity contribution >= 4 is 47.5 Å². The Labute approximate surface area is 412 Å². The van der Waals surface area contributed by atoms with Gasteiger partial charge in [0.15, 0.2) is 5.82 Å². The van der Waals surface area contributed by atoms with Crippen LogP contribution in [0.4, 0.5) is 5.82 Å². The second-order valence-corrected chi connectivity index (χ2v) is 17.8. The molecule has 71 heavy (non-hydrogen) atoms. The van der Waals surface area contributed by atoms with Gasteiger partial charge in [-0.2, -0.15) is 0 Å². The SMILES string of the molecule is C=Cc1cc(-c2nc3c(c(NC)n2)CCN(C(=O)c2ccc(COc4ccc(C#CCN5CCN(CCCCOc6cccc7c6C(=O)N(C6CCC(=O)NC6=O)C7=O)CC5)cc4)cc2)C3)cnc1C=C. The van der Waals surface area contributed by atoms with Crippen molar-refractivity contribution in [1.29, 1.82) is 0 Å². The third kappa shape index (κ3) is 10.8. The lowest BCUT2D eigenvalue weighted by atomic mass is 10.0. The zero-order chi connectivity index (χ0) is 49.4. The van der Waals surface area contributed by atoms with Gasteiger partial charge in [0.2, 0.25) is 11.8 Å². The Morgan fingerprint density at radius 2 is 1.68 bits per heavy atom. The molecule has 0 aliphatic carbocycles. The van der Waals surface area contributed by atoms with Gasteiger partial charge in [0.05, 0.1) is 42.2 Å². The number of anilines is 1.